The molecule has 0 atom stereocenters. The number of benzene rings is 1. The minimum absolute atomic E-state index is 0.415. The molecular formula is C14H14N2O3S. The topological polar surface area (TPSA) is 58.6 Å². The fourth-order valence-corrected chi connectivity index (χ4v) is 2.39. The van der Waals surface area contributed by atoms with Crippen LogP contribution < -0.4 is 10.2 Å². The molecule has 2 amide bonds. The maximum atomic E-state index is 12.5. The molecule has 0 unspecified atom stereocenters. The van der Waals surface area contributed by atoms with Crippen molar-refractivity contribution >= 4 is 34.0 Å². The maximum absolute atomic E-state index is 12.5. The van der Waals surface area contributed by atoms with E-state index in [0.717, 1.165) is 10.6 Å². The van der Waals surface area contributed by atoms with Crippen LogP contribution in [-0.2, 0) is 4.74 Å². The highest BCUT2D eigenvalue weighted by atomic mass is 32.1. The number of nitrogens with zero attached hydrogens (tertiary/aromatic N) is 1. The van der Waals surface area contributed by atoms with Gasteiger partial charge in [0.25, 0.3) is 5.91 Å². The van der Waals surface area contributed by atoms with Crippen LogP contribution in [0.25, 0.3) is 0 Å². The first-order valence-electron chi connectivity index (χ1n) is 5.91. The van der Waals surface area contributed by atoms with Crippen LogP contribution in [0.15, 0.2) is 41.8 Å². The smallest absolute Gasteiger partial charge is 0.421 e. The van der Waals surface area contributed by atoms with Crippen LogP contribution in [0.4, 0.5) is 15.5 Å². The molecule has 1 N–H and O–H groups in total. The summed E-state index contributed by atoms with van der Waals surface area (Å²) in [4.78, 5) is 25.3. The largest absolute Gasteiger partial charge is 0.452 e. The van der Waals surface area contributed by atoms with E-state index in [9.17, 15) is 9.59 Å². The van der Waals surface area contributed by atoms with Crippen molar-refractivity contribution in [3.63, 3.8) is 0 Å². The van der Waals surface area contributed by atoms with E-state index in [1.165, 1.54) is 18.4 Å². The molecule has 2 rings (SSSR count). The van der Waals surface area contributed by atoms with Gasteiger partial charge in [-0.1, -0.05) is 0 Å². The van der Waals surface area contributed by atoms with Crippen LogP contribution in [-0.4, -0.2) is 26.2 Å². The van der Waals surface area contributed by atoms with Crippen LogP contribution in [0.1, 0.15) is 10.4 Å². The van der Waals surface area contributed by atoms with Gasteiger partial charge in [-0.15, -0.1) is 11.3 Å². The molecule has 0 bridgehead atoms. The molecule has 0 aliphatic heterocycles. The lowest BCUT2D eigenvalue weighted by atomic mass is 10.2. The number of rotatable bonds is 3. The van der Waals surface area contributed by atoms with Gasteiger partial charge in [0.15, 0.2) is 0 Å². The van der Waals surface area contributed by atoms with Gasteiger partial charge in [-0.25, -0.2) is 9.69 Å². The Bertz CT molecular complexity index is 593. The fourth-order valence-electron chi connectivity index (χ4n) is 1.67. The van der Waals surface area contributed by atoms with Gasteiger partial charge in [0.1, 0.15) is 5.00 Å². The summed E-state index contributed by atoms with van der Waals surface area (Å²) >= 11 is 1.30. The Hall–Kier alpha value is -2.34. The summed E-state index contributed by atoms with van der Waals surface area (Å²) < 4.78 is 4.68. The standard InChI is InChI=1S/C14H14N2O3S/c1-15-11-7-5-10(6-8-11)13(17)16(14(18)19-2)12-4-3-9-20-12/h3-9,15H,1-2H3. The number of thiophene rings is 1. The van der Waals surface area contributed by atoms with Gasteiger partial charge >= 0.3 is 6.09 Å². The number of hydrogen-bond acceptors (Lipinski definition) is 5. The first kappa shape index (κ1) is 14.1. The normalized spacial score (nSPS) is 9.90. The Kier molecular flexibility index (Phi) is 4.37. The zero-order valence-corrected chi connectivity index (χ0v) is 11.9. The number of hydrogen-bond donors (Lipinski definition) is 1. The Morgan fingerprint density at radius 2 is 1.90 bits per heavy atom. The number of imide groups is 1. The molecule has 0 spiro atoms. The summed E-state index contributed by atoms with van der Waals surface area (Å²) in [5.41, 5.74) is 1.31. The Labute approximate surface area is 120 Å². The molecule has 0 radical (unpaired) electrons. The van der Waals surface area contributed by atoms with Crippen molar-refractivity contribution < 1.29 is 14.3 Å². The Balaban J connectivity index is 2.33. The van der Waals surface area contributed by atoms with E-state index < -0.39 is 12.0 Å². The predicted octanol–water partition coefficient (Wildman–Crippen LogP) is 3.20. The van der Waals surface area contributed by atoms with Crippen molar-refractivity contribution in [2.75, 3.05) is 24.4 Å². The molecule has 0 aliphatic carbocycles. The summed E-state index contributed by atoms with van der Waals surface area (Å²) in [6, 6.07) is 10.3. The Morgan fingerprint density at radius 3 is 2.40 bits per heavy atom. The molecule has 0 aliphatic rings. The number of amides is 2. The second-order valence-electron chi connectivity index (χ2n) is 3.89. The van der Waals surface area contributed by atoms with Gasteiger partial charge in [-0.2, -0.15) is 0 Å². The minimum atomic E-state index is -0.699. The molecule has 1 aromatic heterocycles. The highest BCUT2D eigenvalue weighted by molar-refractivity contribution is 7.14. The lowest BCUT2D eigenvalue weighted by Crippen LogP contribution is -2.36. The van der Waals surface area contributed by atoms with Crippen LogP contribution in [0.3, 0.4) is 0 Å². The van der Waals surface area contributed by atoms with Crippen LogP contribution in [0, 0.1) is 0 Å². The van der Waals surface area contributed by atoms with Crippen molar-refractivity contribution in [1.82, 2.24) is 0 Å². The summed E-state index contributed by atoms with van der Waals surface area (Å²) in [6.45, 7) is 0. The third-order valence-electron chi connectivity index (χ3n) is 2.71. The quantitative estimate of drug-likeness (QED) is 0.943. The fraction of sp³-hybridized carbons (Fsp3) is 0.143. The molecule has 1 aromatic carbocycles. The monoisotopic (exact) mass is 290 g/mol. The van der Waals surface area contributed by atoms with Gasteiger partial charge in [0, 0.05) is 18.3 Å². The average Bonchev–Trinajstić information content (AvgIpc) is 3.01. The Morgan fingerprint density at radius 1 is 1.20 bits per heavy atom. The molecular weight excluding hydrogens is 276 g/mol. The molecule has 20 heavy (non-hydrogen) atoms. The zero-order chi connectivity index (χ0) is 14.5. The number of nitrogens with one attached hydrogen (secondary N) is 1. The molecule has 0 saturated carbocycles. The molecule has 0 fully saturated rings. The summed E-state index contributed by atoms with van der Waals surface area (Å²) in [5, 5.41) is 5.29. The number of methoxy groups -OCH3 is 1. The zero-order valence-electron chi connectivity index (χ0n) is 11.1. The number of anilines is 2. The average molecular weight is 290 g/mol. The summed E-state index contributed by atoms with van der Waals surface area (Å²) in [5.74, 6) is -0.415. The molecule has 5 nitrogen and oxygen atoms in total. The molecule has 104 valence electrons. The summed E-state index contributed by atoms with van der Waals surface area (Å²) in [6.07, 6.45) is -0.699. The predicted molar refractivity (Wildman–Crippen MR) is 79.5 cm³/mol. The van der Waals surface area contributed by atoms with Crippen LogP contribution in [0.5, 0.6) is 0 Å². The molecule has 0 saturated heterocycles. The number of carbonyl (C=O) groups excluding carboxylic acids is 2. The van der Waals surface area contributed by atoms with E-state index in [2.05, 4.69) is 10.1 Å². The van der Waals surface area contributed by atoms with Gasteiger partial charge < -0.3 is 10.1 Å². The number of ether oxygens (including phenoxy) is 1. The van der Waals surface area contributed by atoms with Crippen molar-refractivity contribution in [2.45, 2.75) is 0 Å². The highest BCUT2D eigenvalue weighted by Gasteiger charge is 2.26. The summed E-state index contributed by atoms with van der Waals surface area (Å²) in [7, 11) is 3.05. The second kappa shape index (κ2) is 6.21. The lowest BCUT2D eigenvalue weighted by molar-refractivity contribution is 0.0976. The van der Waals surface area contributed by atoms with E-state index in [-0.39, 0.29) is 0 Å². The van der Waals surface area contributed by atoms with E-state index in [0.29, 0.717) is 10.6 Å². The van der Waals surface area contributed by atoms with Crippen molar-refractivity contribution in [3.8, 4) is 0 Å². The van der Waals surface area contributed by atoms with Crippen molar-refractivity contribution in [1.29, 1.82) is 0 Å². The van der Waals surface area contributed by atoms with E-state index in [1.54, 1.807) is 48.8 Å². The molecule has 6 heteroatoms. The van der Waals surface area contributed by atoms with Crippen LogP contribution in [0.2, 0.25) is 0 Å². The van der Waals surface area contributed by atoms with Gasteiger partial charge in [0.05, 0.1) is 7.11 Å². The minimum Gasteiger partial charge on any atom is -0.452 e. The van der Waals surface area contributed by atoms with Gasteiger partial charge in [-0.05, 0) is 41.8 Å². The van der Waals surface area contributed by atoms with E-state index >= 15 is 0 Å². The number of carbonyl (C=O) groups is 2. The third-order valence-corrected chi connectivity index (χ3v) is 3.56. The second-order valence-corrected chi connectivity index (χ2v) is 4.82. The maximum Gasteiger partial charge on any atom is 0.421 e. The van der Waals surface area contributed by atoms with E-state index in [4.69, 9.17) is 0 Å². The lowest BCUT2D eigenvalue weighted by Gasteiger charge is -2.17. The van der Waals surface area contributed by atoms with Crippen molar-refractivity contribution in [3.05, 3.63) is 47.3 Å². The van der Waals surface area contributed by atoms with Crippen LogP contribution >= 0.6 is 11.3 Å². The molecule has 1 heterocycles. The third kappa shape index (κ3) is 2.80. The van der Waals surface area contributed by atoms with Gasteiger partial charge in [0.2, 0.25) is 0 Å². The molecule has 2 aromatic rings. The first-order chi connectivity index (χ1) is 9.67. The first-order valence-corrected chi connectivity index (χ1v) is 6.79. The van der Waals surface area contributed by atoms with Crippen molar-refractivity contribution in [2.24, 2.45) is 0 Å². The SMILES string of the molecule is CNc1ccc(C(=O)N(C(=O)OC)c2cccs2)cc1. The van der Waals surface area contributed by atoms with Gasteiger partial charge in [-0.3, -0.25) is 4.79 Å². The van der Waals surface area contributed by atoms with E-state index in [1.807, 2.05) is 0 Å². The highest BCUT2D eigenvalue weighted by Crippen LogP contribution is 2.24.